The SMILES string of the molecule is C[C](C)CN1CCN(C(=O)N(C)C)CC1. The van der Waals surface area contributed by atoms with Gasteiger partial charge >= 0.3 is 6.03 Å². The average molecular weight is 212 g/mol. The summed E-state index contributed by atoms with van der Waals surface area (Å²) in [4.78, 5) is 17.6. The van der Waals surface area contributed by atoms with E-state index in [2.05, 4.69) is 18.7 Å². The maximum absolute atomic E-state index is 11.7. The van der Waals surface area contributed by atoms with Crippen molar-refractivity contribution < 1.29 is 4.79 Å². The van der Waals surface area contributed by atoms with E-state index in [-0.39, 0.29) is 6.03 Å². The molecule has 15 heavy (non-hydrogen) atoms. The Morgan fingerprint density at radius 1 is 1.13 bits per heavy atom. The fourth-order valence-corrected chi connectivity index (χ4v) is 1.83. The lowest BCUT2D eigenvalue weighted by Crippen LogP contribution is -2.51. The van der Waals surface area contributed by atoms with Crippen molar-refractivity contribution in [3.8, 4) is 0 Å². The Kier molecular flexibility index (Phi) is 4.39. The molecule has 0 saturated carbocycles. The van der Waals surface area contributed by atoms with Gasteiger partial charge in [0.2, 0.25) is 0 Å². The first-order valence-electron chi connectivity index (χ1n) is 5.48. The highest BCUT2D eigenvalue weighted by Gasteiger charge is 2.22. The number of piperazine rings is 1. The lowest BCUT2D eigenvalue weighted by molar-refractivity contribution is 0.125. The van der Waals surface area contributed by atoms with Gasteiger partial charge in [-0.1, -0.05) is 13.8 Å². The van der Waals surface area contributed by atoms with Gasteiger partial charge in [0.15, 0.2) is 0 Å². The molecule has 0 N–H and O–H groups in total. The zero-order chi connectivity index (χ0) is 11.4. The molecule has 4 heteroatoms. The van der Waals surface area contributed by atoms with Crippen molar-refractivity contribution in [1.82, 2.24) is 14.7 Å². The maximum Gasteiger partial charge on any atom is 0.319 e. The molecule has 1 saturated heterocycles. The zero-order valence-corrected chi connectivity index (χ0v) is 10.3. The van der Waals surface area contributed by atoms with Gasteiger partial charge in [0.05, 0.1) is 0 Å². The van der Waals surface area contributed by atoms with Crippen molar-refractivity contribution >= 4 is 6.03 Å². The Morgan fingerprint density at radius 2 is 1.67 bits per heavy atom. The maximum atomic E-state index is 11.7. The molecule has 0 aliphatic carbocycles. The van der Waals surface area contributed by atoms with E-state index in [0.717, 1.165) is 32.7 Å². The van der Waals surface area contributed by atoms with Crippen LogP contribution in [0.1, 0.15) is 13.8 Å². The summed E-state index contributed by atoms with van der Waals surface area (Å²) in [6, 6.07) is 0.131. The van der Waals surface area contributed by atoms with Gasteiger partial charge in [0.1, 0.15) is 0 Å². The number of carbonyl (C=O) groups is 1. The molecule has 0 aromatic rings. The van der Waals surface area contributed by atoms with E-state index in [9.17, 15) is 4.79 Å². The highest BCUT2D eigenvalue weighted by molar-refractivity contribution is 5.73. The third kappa shape index (κ3) is 3.70. The minimum absolute atomic E-state index is 0.131. The molecular weight excluding hydrogens is 190 g/mol. The number of rotatable bonds is 2. The predicted octanol–water partition coefficient (Wildman–Crippen LogP) is 0.900. The smallest absolute Gasteiger partial charge is 0.319 e. The fraction of sp³-hybridized carbons (Fsp3) is 0.818. The molecule has 1 rings (SSSR count). The molecule has 1 aliphatic rings. The highest BCUT2D eigenvalue weighted by atomic mass is 16.2. The molecule has 87 valence electrons. The van der Waals surface area contributed by atoms with Crippen LogP contribution < -0.4 is 0 Å². The van der Waals surface area contributed by atoms with Crippen LogP contribution >= 0.6 is 0 Å². The van der Waals surface area contributed by atoms with E-state index in [1.54, 1.807) is 19.0 Å². The topological polar surface area (TPSA) is 26.8 Å². The highest BCUT2D eigenvalue weighted by Crippen LogP contribution is 2.07. The number of hydrogen-bond acceptors (Lipinski definition) is 2. The molecule has 0 unspecified atom stereocenters. The second-order valence-corrected chi connectivity index (χ2v) is 4.65. The van der Waals surface area contributed by atoms with Gasteiger partial charge in [-0.3, -0.25) is 4.90 Å². The van der Waals surface area contributed by atoms with Gasteiger partial charge in [0, 0.05) is 46.8 Å². The third-order valence-corrected chi connectivity index (χ3v) is 2.57. The molecule has 0 bridgehead atoms. The lowest BCUT2D eigenvalue weighted by atomic mass is 10.2. The molecule has 1 fully saturated rings. The molecule has 0 spiro atoms. The van der Waals surface area contributed by atoms with Crippen molar-refractivity contribution in [2.75, 3.05) is 46.8 Å². The summed E-state index contributed by atoms with van der Waals surface area (Å²) >= 11 is 0. The Labute approximate surface area is 92.8 Å². The van der Waals surface area contributed by atoms with E-state index in [0.29, 0.717) is 0 Å². The molecule has 0 aromatic carbocycles. The predicted molar refractivity (Wildman–Crippen MR) is 61.7 cm³/mol. The van der Waals surface area contributed by atoms with Crippen molar-refractivity contribution in [3.63, 3.8) is 0 Å². The van der Waals surface area contributed by atoms with E-state index in [4.69, 9.17) is 0 Å². The Morgan fingerprint density at radius 3 is 2.07 bits per heavy atom. The Balaban J connectivity index is 2.32. The number of carbonyl (C=O) groups excluding carboxylic acids is 1. The van der Waals surface area contributed by atoms with Gasteiger partial charge < -0.3 is 9.80 Å². The second-order valence-electron chi connectivity index (χ2n) is 4.65. The molecule has 0 atom stereocenters. The lowest BCUT2D eigenvalue weighted by Gasteiger charge is -2.36. The van der Waals surface area contributed by atoms with Gasteiger partial charge in [0.25, 0.3) is 0 Å². The summed E-state index contributed by atoms with van der Waals surface area (Å²) < 4.78 is 0. The van der Waals surface area contributed by atoms with Crippen LogP contribution in [0.4, 0.5) is 4.79 Å². The van der Waals surface area contributed by atoms with Gasteiger partial charge in [-0.25, -0.2) is 4.79 Å². The summed E-state index contributed by atoms with van der Waals surface area (Å²) in [6.07, 6.45) is 0. The first-order chi connectivity index (χ1) is 7.00. The molecule has 1 aliphatic heterocycles. The first kappa shape index (κ1) is 12.3. The van der Waals surface area contributed by atoms with Crippen molar-refractivity contribution in [1.29, 1.82) is 0 Å². The van der Waals surface area contributed by atoms with Crippen LogP contribution in [0.3, 0.4) is 0 Å². The fourth-order valence-electron chi connectivity index (χ4n) is 1.83. The van der Waals surface area contributed by atoms with Crippen LogP contribution in [0.5, 0.6) is 0 Å². The molecule has 4 nitrogen and oxygen atoms in total. The molecule has 0 aromatic heterocycles. The summed E-state index contributed by atoms with van der Waals surface area (Å²) in [5.74, 6) is 1.43. The molecule has 1 radical (unpaired) electrons. The summed E-state index contributed by atoms with van der Waals surface area (Å²) in [5, 5.41) is 0. The summed E-state index contributed by atoms with van der Waals surface area (Å²) in [6.45, 7) is 9.04. The average Bonchev–Trinajstić information content (AvgIpc) is 2.17. The summed E-state index contributed by atoms with van der Waals surface area (Å²) in [7, 11) is 3.61. The quantitative estimate of drug-likeness (QED) is 0.680. The number of urea groups is 1. The molecule has 2 amide bonds. The van der Waals surface area contributed by atoms with Crippen molar-refractivity contribution in [2.24, 2.45) is 0 Å². The molecule has 1 heterocycles. The molecular formula is C11H22N3O. The minimum Gasteiger partial charge on any atom is -0.331 e. The largest absolute Gasteiger partial charge is 0.331 e. The van der Waals surface area contributed by atoms with Crippen LogP contribution in [-0.4, -0.2) is 67.5 Å². The van der Waals surface area contributed by atoms with Crippen LogP contribution in [0.15, 0.2) is 0 Å². The van der Waals surface area contributed by atoms with Gasteiger partial charge in [-0.15, -0.1) is 0 Å². The van der Waals surface area contributed by atoms with Crippen LogP contribution in [0, 0.1) is 5.92 Å². The first-order valence-corrected chi connectivity index (χ1v) is 5.48. The van der Waals surface area contributed by atoms with Crippen LogP contribution in [0.25, 0.3) is 0 Å². The van der Waals surface area contributed by atoms with Gasteiger partial charge in [-0.2, -0.15) is 0 Å². The summed E-state index contributed by atoms with van der Waals surface area (Å²) in [5.41, 5.74) is 0. The minimum atomic E-state index is 0.131. The number of nitrogens with zero attached hydrogens (tertiary/aromatic N) is 3. The number of hydrogen-bond donors (Lipinski definition) is 0. The third-order valence-electron chi connectivity index (χ3n) is 2.57. The zero-order valence-electron chi connectivity index (χ0n) is 10.3. The normalized spacial score (nSPS) is 18.3. The van der Waals surface area contributed by atoms with Crippen LogP contribution in [0.2, 0.25) is 0 Å². The van der Waals surface area contributed by atoms with E-state index in [1.165, 1.54) is 5.92 Å². The standard InChI is InChI=1S/C11H22N3O/c1-10(2)9-13-5-7-14(8-6-13)11(15)12(3)4/h5-9H2,1-4H3. The monoisotopic (exact) mass is 212 g/mol. The van der Waals surface area contributed by atoms with Crippen molar-refractivity contribution in [2.45, 2.75) is 13.8 Å². The number of amides is 2. The van der Waals surface area contributed by atoms with E-state index < -0.39 is 0 Å². The van der Waals surface area contributed by atoms with Crippen LogP contribution in [-0.2, 0) is 0 Å². The second kappa shape index (κ2) is 5.35. The van der Waals surface area contributed by atoms with Crippen molar-refractivity contribution in [3.05, 3.63) is 5.92 Å². The van der Waals surface area contributed by atoms with Gasteiger partial charge in [-0.05, 0) is 5.92 Å². The Hall–Kier alpha value is -0.770. The van der Waals surface area contributed by atoms with E-state index in [1.807, 2.05) is 4.90 Å². The van der Waals surface area contributed by atoms with E-state index >= 15 is 0 Å². The Bertz CT molecular complexity index is 208.